The molecule has 0 aromatic carbocycles. The standard InChI is InChI=1S/C19H41O5Si2/c1-20-25(6,21-2)16-9-7-8-10-18-11-13-19(14-12-18)15-17-26(22-3,23-4)24-5/h8,18-19H,7,9-17H2,1-6H3. The van der Waals surface area contributed by atoms with E-state index in [9.17, 15) is 0 Å². The van der Waals surface area contributed by atoms with Crippen molar-refractivity contribution in [2.75, 3.05) is 35.5 Å². The third kappa shape index (κ3) is 8.08. The van der Waals surface area contributed by atoms with E-state index < -0.39 is 17.4 Å². The SMILES string of the molecule is CO[Si](C)(CCC[CH]CC1CCC(CC[Si](OC)(OC)OC)CC1)OC. The molecule has 155 valence electrons. The van der Waals surface area contributed by atoms with E-state index in [-0.39, 0.29) is 0 Å². The van der Waals surface area contributed by atoms with Crippen LogP contribution in [0.1, 0.15) is 51.4 Å². The topological polar surface area (TPSA) is 46.2 Å². The minimum Gasteiger partial charge on any atom is -0.398 e. The summed E-state index contributed by atoms with van der Waals surface area (Å²) in [6.45, 7) is 2.14. The van der Waals surface area contributed by atoms with Crippen LogP contribution < -0.4 is 0 Å². The van der Waals surface area contributed by atoms with Crippen LogP contribution in [0.15, 0.2) is 0 Å². The Kier molecular flexibility index (Phi) is 11.8. The molecule has 26 heavy (non-hydrogen) atoms. The largest absolute Gasteiger partial charge is 0.500 e. The highest BCUT2D eigenvalue weighted by molar-refractivity contribution is 6.65. The number of unbranched alkanes of at least 4 members (excludes halogenated alkanes) is 2. The van der Waals surface area contributed by atoms with Gasteiger partial charge in [0, 0.05) is 41.6 Å². The van der Waals surface area contributed by atoms with Gasteiger partial charge in [-0.05, 0) is 43.7 Å². The molecular weight excluding hydrogens is 364 g/mol. The number of hydrogen-bond acceptors (Lipinski definition) is 5. The van der Waals surface area contributed by atoms with E-state index in [1.807, 2.05) is 0 Å². The molecule has 0 bridgehead atoms. The van der Waals surface area contributed by atoms with Crippen molar-refractivity contribution < 1.29 is 22.1 Å². The maximum Gasteiger partial charge on any atom is 0.500 e. The molecule has 0 unspecified atom stereocenters. The lowest BCUT2D eigenvalue weighted by atomic mass is 9.79. The molecule has 5 nitrogen and oxygen atoms in total. The molecule has 0 aromatic rings. The van der Waals surface area contributed by atoms with Gasteiger partial charge in [-0.25, -0.2) is 0 Å². The minimum atomic E-state index is -2.39. The maximum absolute atomic E-state index is 5.55. The van der Waals surface area contributed by atoms with Crippen molar-refractivity contribution in [3.63, 3.8) is 0 Å². The van der Waals surface area contributed by atoms with Gasteiger partial charge in [-0.2, -0.15) is 0 Å². The second-order valence-corrected chi connectivity index (χ2v) is 14.4. The fraction of sp³-hybridized carbons (Fsp3) is 0.947. The quantitative estimate of drug-likeness (QED) is 0.307. The monoisotopic (exact) mass is 405 g/mol. The predicted octanol–water partition coefficient (Wildman–Crippen LogP) is 4.80. The van der Waals surface area contributed by atoms with Crippen molar-refractivity contribution in [3.8, 4) is 0 Å². The summed E-state index contributed by atoms with van der Waals surface area (Å²) in [4.78, 5) is 0. The summed E-state index contributed by atoms with van der Waals surface area (Å²) in [7, 11) is 4.39. The Labute approximate surface area is 163 Å². The molecule has 7 heteroatoms. The second kappa shape index (κ2) is 12.6. The van der Waals surface area contributed by atoms with E-state index in [1.54, 1.807) is 35.5 Å². The minimum absolute atomic E-state index is 0.800. The Morgan fingerprint density at radius 3 is 1.81 bits per heavy atom. The van der Waals surface area contributed by atoms with Gasteiger partial charge in [-0.3, -0.25) is 0 Å². The van der Waals surface area contributed by atoms with Gasteiger partial charge in [0.1, 0.15) is 0 Å². The zero-order chi connectivity index (χ0) is 19.5. The predicted molar refractivity (Wildman–Crippen MR) is 110 cm³/mol. The highest BCUT2D eigenvalue weighted by atomic mass is 28.4. The average molecular weight is 406 g/mol. The third-order valence-electron chi connectivity index (χ3n) is 6.16. The Morgan fingerprint density at radius 2 is 1.31 bits per heavy atom. The van der Waals surface area contributed by atoms with E-state index in [4.69, 9.17) is 22.1 Å². The van der Waals surface area contributed by atoms with Crippen LogP contribution in [0.3, 0.4) is 0 Å². The van der Waals surface area contributed by atoms with Crippen LogP contribution in [0.25, 0.3) is 0 Å². The van der Waals surface area contributed by atoms with Crippen LogP contribution in [0.4, 0.5) is 0 Å². The lowest BCUT2D eigenvalue weighted by molar-refractivity contribution is 0.119. The van der Waals surface area contributed by atoms with E-state index in [2.05, 4.69) is 13.0 Å². The summed E-state index contributed by atoms with van der Waals surface area (Å²) in [5.74, 6) is 1.67. The molecule has 0 aliphatic heterocycles. The summed E-state index contributed by atoms with van der Waals surface area (Å²) < 4.78 is 27.7. The molecule has 0 N–H and O–H groups in total. The second-order valence-electron chi connectivity index (χ2n) is 7.68. The third-order valence-corrected chi connectivity index (χ3v) is 11.9. The number of hydrogen-bond donors (Lipinski definition) is 0. The molecule has 0 amide bonds. The fourth-order valence-electron chi connectivity index (χ4n) is 3.90. The van der Waals surface area contributed by atoms with Crippen molar-refractivity contribution in [2.45, 2.75) is 70.0 Å². The molecule has 1 aliphatic carbocycles. The van der Waals surface area contributed by atoms with Gasteiger partial charge < -0.3 is 22.1 Å². The first-order chi connectivity index (χ1) is 12.5. The fourth-order valence-corrected chi connectivity index (χ4v) is 7.20. The van der Waals surface area contributed by atoms with Crippen LogP contribution in [-0.4, -0.2) is 52.9 Å². The van der Waals surface area contributed by atoms with Crippen LogP contribution >= 0.6 is 0 Å². The van der Waals surface area contributed by atoms with Crippen LogP contribution in [0.2, 0.25) is 18.6 Å². The van der Waals surface area contributed by atoms with Crippen LogP contribution in [0.5, 0.6) is 0 Å². The molecule has 1 fully saturated rings. The van der Waals surface area contributed by atoms with Crippen molar-refractivity contribution >= 4 is 17.4 Å². The van der Waals surface area contributed by atoms with Gasteiger partial charge in [0.15, 0.2) is 0 Å². The van der Waals surface area contributed by atoms with E-state index in [0.29, 0.717) is 0 Å². The van der Waals surface area contributed by atoms with Gasteiger partial charge in [0.05, 0.1) is 0 Å². The molecule has 0 spiro atoms. The summed E-state index contributed by atoms with van der Waals surface area (Å²) in [5, 5.41) is 0. The summed E-state index contributed by atoms with van der Waals surface area (Å²) >= 11 is 0. The smallest absolute Gasteiger partial charge is 0.398 e. The van der Waals surface area contributed by atoms with Gasteiger partial charge >= 0.3 is 17.4 Å². The summed E-state index contributed by atoms with van der Waals surface area (Å²) in [6.07, 6.45) is 12.6. The normalized spacial score (nSPS) is 21.9. The zero-order valence-electron chi connectivity index (χ0n) is 17.8. The van der Waals surface area contributed by atoms with E-state index >= 15 is 0 Å². The van der Waals surface area contributed by atoms with Crippen LogP contribution in [0, 0.1) is 18.3 Å². The average Bonchev–Trinajstić information content (AvgIpc) is 2.70. The highest BCUT2D eigenvalue weighted by Gasteiger charge is 2.38. The first kappa shape index (κ1) is 24.3. The molecule has 1 aliphatic rings. The van der Waals surface area contributed by atoms with E-state index in [1.165, 1.54) is 44.9 Å². The maximum atomic E-state index is 5.55. The first-order valence-electron chi connectivity index (χ1n) is 10.0. The Morgan fingerprint density at radius 1 is 0.769 bits per heavy atom. The van der Waals surface area contributed by atoms with Crippen molar-refractivity contribution in [2.24, 2.45) is 11.8 Å². The first-order valence-corrected chi connectivity index (χ1v) is 14.5. The molecule has 0 heterocycles. The molecular formula is C19H41O5Si2. The molecule has 0 atom stereocenters. The Bertz CT molecular complexity index is 346. The van der Waals surface area contributed by atoms with Gasteiger partial charge in [0.25, 0.3) is 0 Å². The summed E-state index contributed by atoms with van der Waals surface area (Å²) in [5.41, 5.74) is 0. The molecule has 0 saturated heterocycles. The summed E-state index contributed by atoms with van der Waals surface area (Å²) in [6, 6.07) is 2.01. The van der Waals surface area contributed by atoms with Gasteiger partial charge in [0.2, 0.25) is 0 Å². The van der Waals surface area contributed by atoms with E-state index in [0.717, 1.165) is 30.3 Å². The molecule has 1 radical (unpaired) electrons. The van der Waals surface area contributed by atoms with Gasteiger partial charge in [-0.1, -0.05) is 38.5 Å². The molecule has 0 aromatic heterocycles. The Balaban J connectivity index is 2.15. The number of rotatable bonds is 14. The molecule has 1 saturated carbocycles. The highest BCUT2D eigenvalue weighted by Crippen LogP contribution is 2.35. The zero-order valence-corrected chi connectivity index (χ0v) is 19.8. The lowest BCUT2D eigenvalue weighted by Gasteiger charge is -2.31. The van der Waals surface area contributed by atoms with Crippen molar-refractivity contribution in [1.82, 2.24) is 0 Å². The lowest BCUT2D eigenvalue weighted by Crippen LogP contribution is -2.43. The molecule has 1 rings (SSSR count). The van der Waals surface area contributed by atoms with Crippen LogP contribution in [-0.2, 0) is 22.1 Å². The van der Waals surface area contributed by atoms with Crippen molar-refractivity contribution in [1.29, 1.82) is 0 Å². The van der Waals surface area contributed by atoms with Gasteiger partial charge in [-0.15, -0.1) is 0 Å². The Hall–Kier alpha value is 0.234. The van der Waals surface area contributed by atoms with Crippen molar-refractivity contribution in [3.05, 3.63) is 6.42 Å².